The van der Waals surface area contributed by atoms with Gasteiger partial charge in [-0.1, -0.05) is 20.8 Å². The molecule has 0 amide bonds. The standard InChI is InChI=1S/C16H29N3O/c1-14(2)4-10-20-11-9-19-13-18-12-15(19)16(3)5-7-17-8-6-16/h12-14,17H,4-11H2,1-3H3. The Bertz CT molecular complexity index is 394. The van der Waals surface area contributed by atoms with Crippen LogP contribution in [-0.4, -0.2) is 35.9 Å². The molecule has 20 heavy (non-hydrogen) atoms. The predicted molar refractivity (Wildman–Crippen MR) is 82.0 cm³/mol. The third-order valence-electron chi connectivity index (χ3n) is 4.35. The van der Waals surface area contributed by atoms with Crippen LogP contribution in [0, 0.1) is 5.92 Å². The topological polar surface area (TPSA) is 39.1 Å². The minimum Gasteiger partial charge on any atom is -0.380 e. The fourth-order valence-corrected chi connectivity index (χ4v) is 2.82. The van der Waals surface area contributed by atoms with Gasteiger partial charge in [-0.05, 0) is 38.3 Å². The summed E-state index contributed by atoms with van der Waals surface area (Å²) in [6.45, 7) is 11.6. The van der Waals surface area contributed by atoms with Crippen LogP contribution in [0.3, 0.4) is 0 Å². The number of nitrogens with one attached hydrogen (secondary N) is 1. The SMILES string of the molecule is CC(C)CCOCCn1cncc1C1(C)CCNCC1. The Balaban J connectivity index is 1.85. The molecule has 0 atom stereocenters. The molecule has 4 nitrogen and oxygen atoms in total. The minimum absolute atomic E-state index is 0.264. The Kier molecular flexibility index (Phi) is 5.61. The monoisotopic (exact) mass is 279 g/mol. The van der Waals surface area contributed by atoms with Crippen LogP contribution in [0.5, 0.6) is 0 Å². The molecule has 1 aromatic rings. The highest BCUT2D eigenvalue weighted by Gasteiger charge is 2.31. The van der Waals surface area contributed by atoms with E-state index in [9.17, 15) is 0 Å². The average molecular weight is 279 g/mol. The maximum Gasteiger partial charge on any atom is 0.0949 e. The van der Waals surface area contributed by atoms with E-state index in [1.54, 1.807) is 0 Å². The van der Waals surface area contributed by atoms with Crippen molar-refractivity contribution in [1.29, 1.82) is 0 Å². The maximum atomic E-state index is 5.73. The van der Waals surface area contributed by atoms with E-state index in [0.717, 1.165) is 39.3 Å². The summed E-state index contributed by atoms with van der Waals surface area (Å²) >= 11 is 0. The second-order valence-corrected chi connectivity index (χ2v) is 6.58. The lowest BCUT2D eigenvalue weighted by atomic mass is 9.78. The van der Waals surface area contributed by atoms with Gasteiger partial charge >= 0.3 is 0 Å². The Labute approximate surface area is 122 Å². The molecule has 2 rings (SSSR count). The second-order valence-electron chi connectivity index (χ2n) is 6.58. The van der Waals surface area contributed by atoms with Crippen LogP contribution in [-0.2, 0) is 16.7 Å². The van der Waals surface area contributed by atoms with E-state index in [0.29, 0.717) is 5.92 Å². The van der Waals surface area contributed by atoms with E-state index in [4.69, 9.17) is 4.74 Å². The van der Waals surface area contributed by atoms with Crippen molar-refractivity contribution in [3.05, 3.63) is 18.2 Å². The molecule has 2 heterocycles. The van der Waals surface area contributed by atoms with E-state index >= 15 is 0 Å². The molecule has 1 saturated heterocycles. The van der Waals surface area contributed by atoms with E-state index < -0.39 is 0 Å². The highest BCUT2D eigenvalue weighted by atomic mass is 16.5. The van der Waals surface area contributed by atoms with Crippen molar-refractivity contribution in [3.63, 3.8) is 0 Å². The summed E-state index contributed by atoms with van der Waals surface area (Å²) in [4.78, 5) is 4.36. The summed E-state index contributed by atoms with van der Waals surface area (Å²) in [5, 5.41) is 3.44. The number of hydrogen-bond donors (Lipinski definition) is 1. The summed E-state index contributed by atoms with van der Waals surface area (Å²) in [5.41, 5.74) is 1.63. The lowest BCUT2D eigenvalue weighted by Crippen LogP contribution is -2.39. The smallest absolute Gasteiger partial charge is 0.0949 e. The summed E-state index contributed by atoms with van der Waals surface area (Å²) in [6.07, 6.45) is 7.51. The zero-order chi connectivity index (χ0) is 14.4. The molecule has 1 fully saturated rings. The molecule has 0 radical (unpaired) electrons. The Morgan fingerprint density at radius 3 is 2.80 bits per heavy atom. The van der Waals surface area contributed by atoms with E-state index in [2.05, 4.69) is 35.6 Å². The highest BCUT2D eigenvalue weighted by Crippen LogP contribution is 2.32. The minimum atomic E-state index is 0.264. The molecular formula is C16H29N3O. The number of hydrogen-bond acceptors (Lipinski definition) is 3. The van der Waals surface area contributed by atoms with Crippen molar-refractivity contribution in [3.8, 4) is 0 Å². The summed E-state index contributed by atoms with van der Waals surface area (Å²) in [5.74, 6) is 0.715. The second kappa shape index (κ2) is 7.23. The summed E-state index contributed by atoms with van der Waals surface area (Å²) in [7, 11) is 0. The van der Waals surface area contributed by atoms with Gasteiger partial charge in [-0.3, -0.25) is 0 Å². The van der Waals surface area contributed by atoms with Gasteiger partial charge < -0.3 is 14.6 Å². The Morgan fingerprint density at radius 1 is 1.35 bits per heavy atom. The number of rotatable bonds is 7. The van der Waals surface area contributed by atoms with Gasteiger partial charge in [-0.2, -0.15) is 0 Å². The first-order valence-corrected chi connectivity index (χ1v) is 7.91. The molecule has 0 bridgehead atoms. The first kappa shape index (κ1) is 15.5. The molecule has 0 spiro atoms. The molecule has 0 aliphatic carbocycles. The van der Waals surface area contributed by atoms with Gasteiger partial charge in [0.25, 0.3) is 0 Å². The fraction of sp³-hybridized carbons (Fsp3) is 0.812. The average Bonchev–Trinajstić information content (AvgIpc) is 2.88. The first-order valence-electron chi connectivity index (χ1n) is 7.91. The first-order chi connectivity index (χ1) is 9.62. The third-order valence-corrected chi connectivity index (χ3v) is 4.35. The van der Waals surface area contributed by atoms with Gasteiger partial charge in [0.05, 0.1) is 12.9 Å². The summed E-state index contributed by atoms with van der Waals surface area (Å²) in [6, 6.07) is 0. The molecule has 0 aromatic carbocycles. The lowest BCUT2D eigenvalue weighted by molar-refractivity contribution is 0.114. The van der Waals surface area contributed by atoms with Gasteiger partial charge in [0.1, 0.15) is 0 Å². The van der Waals surface area contributed by atoms with Crippen LogP contribution in [0.2, 0.25) is 0 Å². The van der Waals surface area contributed by atoms with Gasteiger partial charge in [-0.15, -0.1) is 0 Å². The predicted octanol–water partition coefficient (Wildman–Crippen LogP) is 2.59. The van der Waals surface area contributed by atoms with Gasteiger partial charge in [0.2, 0.25) is 0 Å². The van der Waals surface area contributed by atoms with Crippen molar-refractivity contribution in [2.24, 2.45) is 5.92 Å². The number of nitrogens with zero attached hydrogens (tertiary/aromatic N) is 2. The third kappa shape index (κ3) is 4.06. The lowest BCUT2D eigenvalue weighted by Gasteiger charge is -2.34. The van der Waals surface area contributed by atoms with Crippen molar-refractivity contribution in [2.45, 2.75) is 52.0 Å². The Morgan fingerprint density at radius 2 is 2.10 bits per heavy atom. The van der Waals surface area contributed by atoms with Gasteiger partial charge in [-0.25, -0.2) is 4.98 Å². The van der Waals surface area contributed by atoms with Crippen LogP contribution in [0.1, 0.15) is 45.7 Å². The largest absolute Gasteiger partial charge is 0.380 e. The number of aromatic nitrogens is 2. The van der Waals surface area contributed by atoms with Crippen LogP contribution >= 0.6 is 0 Å². The molecule has 1 aliphatic heterocycles. The molecule has 114 valence electrons. The molecular weight excluding hydrogens is 250 g/mol. The zero-order valence-corrected chi connectivity index (χ0v) is 13.2. The number of piperidine rings is 1. The van der Waals surface area contributed by atoms with E-state index in [1.165, 1.54) is 18.5 Å². The maximum absolute atomic E-state index is 5.73. The molecule has 1 aliphatic rings. The van der Waals surface area contributed by atoms with E-state index in [1.807, 2.05) is 12.5 Å². The van der Waals surface area contributed by atoms with Crippen molar-refractivity contribution >= 4 is 0 Å². The zero-order valence-electron chi connectivity index (χ0n) is 13.2. The van der Waals surface area contributed by atoms with Crippen LogP contribution < -0.4 is 5.32 Å². The molecule has 0 unspecified atom stereocenters. The molecule has 4 heteroatoms. The van der Waals surface area contributed by atoms with Crippen molar-refractivity contribution < 1.29 is 4.74 Å². The van der Waals surface area contributed by atoms with E-state index in [-0.39, 0.29) is 5.41 Å². The Hall–Kier alpha value is -0.870. The van der Waals surface area contributed by atoms with Crippen LogP contribution in [0.25, 0.3) is 0 Å². The fourth-order valence-electron chi connectivity index (χ4n) is 2.82. The van der Waals surface area contributed by atoms with Crippen molar-refractivity contribution in [1.82, 2.24) is 14.9 Å². The van der Waals surface area contributed by atoms with Gasteiger partial charge in [0, 0.05) is 30.5 Å². The molecule has 1 aromatic heterocycles. The normalized spacial score (nSPS) is 18.6. The number of imidazole rings is 1. The number of ether oxygens (including phenoxy) is 1. The van der Waals surface area contributed by atoms with Crippen molar-refractivity contribution in [2.75, 3.05) is 26.3 Å². The van der Waals surface area contributed by atoms with Crippen LogP contribution in [0.15, 0.2) is 12.5 Å². The highest BCUT2D eigenvalue weighted by molar-refractivity contribution is 5.15. The molecule has 0 saturated carbocycles. The quantitative estimate of drug-likeness (QED) is 0.780. The van der Waals surface area contributed by atoms with Crippen LogP contribution in [0.4, 0.5) is 0 Å². The van der Waals surface area contributed by atoms with Gasteiger partial charge in [0.15, 0.2) is 0 Å². The molecule has 1 N–H and O–H groups in total. The summed E-state index contributed by atoms with van der Waals surface area (Å²) < 4.78 is 8.01.